The van der Waals surface area contributed by atoms with Crippen molar-refractivity contribution in [3.63, 3.8) is 0 Å². The van der Waals surface area contributed by atoms with Crippen molar-refractivity contribution in [1.82, 2.24) is 4.37 Å². The molecule has 0 spiro atoms. The Labute approximate surface area is 74.2 Å². The molecule has 10 heavy (non-hydrogen) atoms. The largest absolute Gasteiger partial charge is 0.196 e. The van der Waals surface area contributed by atoms with Crippen molar-refractivity contribution in [1.29, 1.82) is 0 Å². The van der Waals surface area contributed by atoms with E-state index in [1.54, 1.807) is 0 Å². The van der Waals surface area contributed by atoms with Crippen molar-refractivity contribution in [3.05, 3.63) is 17.1 Å². The Morgan fingerprint density at radius 3 is 2.80 bits per heavy atom. The summed E-state index contributed by atoms with van der Waals surface area (Å²) in [5.74, 6) is 0. The third-order valence-electron chi connectivity index (χ3n) is 1.28. The van der Waals surface area contributed by atoms with Gasteiger partial charge in [-0.15, -0.1) is 11.7 Å². The number of nitrogens with zero attached hydrogens (tertiary/aromatic N) is 1. The predicted octanol–water partition coefficient (Wildman–Crippen LogP) is 2.96. The Morgan fingerprint density at radius 2 is 2.40 bits per heavy atom. The molecular weight excluding hydrogens is 182 g/mol. The molecule has 0 fully saturated rings. The lowest BCUT2D eigenvalue weighted by Crippen LogP contribution is -2.09. The van der Waals surface area contributed by atoms with Crippen LogP contribution in [0.5, 0.6) is 0 Å². The molecule has 1 rings (SSSR count). The zero-order valence-electron chi connectivity index (χ0n) is 5.87. The van der Waals surface area contributed by atoms with Crippen LogP contribution in [0.3, 0.4) is 0 Å². The van der Waals surface area contributed by atoms with Crippen molar-refractivity contribution in [3.8, 4) is 0 Å². The van der Waals surface area contributed by atoms with E-state index in [1.165, 1.54) is 22.3 Å². The molecule has 0 aromatic carbocycles. The van der Waals surface area contributed by atoms with Gasteiger partial charge in [-0.25, -0.2) is 0 Å². The zero-order chi connectivity index (χ0) is 7.61. The van der Waals surface area contributed by atoms with E-state index in [-0.39, 0.29) is 4.75 Å². The van der Waals surface area contributed by atoms with Crippen molar-refractivity contribution in [2.75, 3.05) is 0 Å². The fraction of sp³-hybridized carbons (Fsp3) is 0.500. The predicted molar refractivity (Wildman–Crippen MR) is 51.7 cm³/mol. The number of hydrogen-bond acceptors (Lipinski definition) is 4. The van der Waals surface area contributed by atoms with Crippen molar-refractivity contribution in [2.24, 2.45) is 0 Å². The summed E-state index contributed by atoms with van der Waals surface area (Å²) in [5.41, 5.74) is 1.11. The number of rotatable bonds is 2. The smallest absolute Gasteiger partial charge is 0.0705 e. The molecule has 0 radical (unpaired) electrons. The molecule has 56 valence electrons. The molecular formula is C6H9NS3. The van der Waals surface area contributed by atoms with Gasteiger partial charge in [0.05, 0.1) is 10.4 Å². The zero-order valence-corrected chi connectivity index (χ0v) is 8.39. The SMILES string of the molecule is CC(C)(SS)c1ccsn1. The molecule has 0 saturated carbocycles. The van der Waals surface area contributed by atoms with Crippen LogP contribution in [0, 0.1) is 0 Å². The summed E-state index contributed by atoms with van der Waals surface area (Å²) in [5, 5.41) is 1.99. The molecule has 1 heterocycles. The highest BCUT2D eigenvalue weighted by Gasteiger charge is 2.21. The minimum absolute atomic E-state index is 0.0448. The Hall–Kier alpha value is 0.330. The maximum absolute atomic E-state index is 4.23. The first-order valence-corrected chi connectivity index (χ1v) is 5.61. The lowest BCUT2D eigenvalue weighted by atomic mass is 10.1. The summed E-state index contributed by atoms with van der Waals surface area (Å²) in [7, 11) is 1.52. The minimum atomic E-state index is 0.0448. The first-order valence-electron chi connectivity index (χ1n) is 2.90. The topological polar surface area (TPSA) is 12.9 Å². The normalized spacial score (nSPS) is 11.9. The highest BCUT2D eigenvalue weighted by molar-refractivity contribution is 8.68. The minimum Gasteiger partial charge on any atom is -0.196 e. The third kappa shape index (κ3) is 1.68. The van der Waals surface area contributed by atoms with Crippen LogP contribution in [0.2, 0.25) is 0 Å². The molecule has 0 bridgehead atoms. The van der Waals surface area contributed by atoms with E-state index in [4.69, 9.17) is 0 Å². The lowest BCUT2D eigenvalue weighted by Gasteiger charge is -2.17. The van der Waals surface area contributed by atoms with Crippen LogP contribution in [0.4, 0.5) is 0 Å². The van der Waals surface area contributed by atoms with Crippen molar-refractivity contribution >= 4 is 34.0 Å². The maximum Gasteiger partial charge on any atom is 0.0705 e. The molecule has 0 saturated heterocycles. The Balaban J connectivity index is 2.85. The van der Waals surface area contributed by atoms with Crippen LogP contribution in [0.25, 0.3) is 0 Å². The maximum atomic E-state index is 4.23. The molecule has 0 amide bonds. The second-order valence-electron chi connectivity index (χ2n) is 2.49. The molecule has 0 unspecified atom stereocenters. The van der Waals surface area contributed by atoms with E-state index in [0.29, 0.717) is 0 Å². The average Bonchev–Trinajstić information content (AvgIpc) is 2.38. The summed E-state index contributed by atoms with van der Waals surface area (Å²) < 4.78 is 4.28. The van der Waals surface area contributed by atoms with E-state index >= 15 is 0 Å². The van der Waals surface area contributed by atoms with Crippen LogP contribution in [-0.2, 0) is 4.75 Å². The van der Waals surface area contributed by atoms with Gasteiger partial charge >= 0.3 is 0 Å². The quantitative estimate of drug-likeness (QED) is 0.570. The molecule has 0 aliphatic rings. The van der Waals surface area contributed by atoms with Gasteiger partial charge in [-0.2, -0.15) is 4.37 Å². The monoisotopic (exact) mass is 191 g/mol. The fourth-order valence-corrected chi connectivity index (χ4v) is 1.77. The van der Waals surface area contributed by atoms with Gasteiger partial charge in [0.2, 0.25) is 0 Å². The molecule has 0 atom stereocenters. The highest BCUT2D eigenvalue weighted by Crippen LogP contribution is 2.36. The summed E-state index contributed by atoms with van der Waals surface area (Å²) >= 11 is 5.65. The van der Waals surface area contributed by atoms with Gasteiger partial charge in [0.25, 0.3) is 0 Å². The van der Waals surface area contributed by atoms with Crippen LogP contribution < -0.4 is 0 Å². The van der Waals surface area contributed by atoms with Crippen LogP contribution in [0.1, 0.15) is 19.5 Å². The summed E-state index contributed by atoms with van der Waals surface area (Å²) in [4.78, 5) is 0. The Kier molecular flexibility index (Phi) is 2.66. The van der Waals surface area contributed by atoms with Gasteiger partial charge in [-0.1, -0.05) is 10.8 Å². The average molecular weight is 191 g/mol. The summed E-state index contributed by atoms with van der Waals surface area (Å²) in [6, 6.07) is 2.04. The van der Waals surface area contributed by atoms with E-state index < -0.39 is 0 Å². The summed E-state index contributed by atoms with van der Waals surface area (Å²) in [6.45, 7) is 4.22. The molecule has 0 N–H and O–H groups in total. The van der Waals surface area contributed by atoms with E-state index in [1.807, 2.05) is 11.4 Å². The van der Waals surface area contributed by atoms with Crippen molar-refractivity contribution < 1.29 is 0 Å². The fourth-order valence-electron chi connectivity index (χ4n) is 0.570. The van der Waals surface area contributed by atoms with E-state index in [0.717, 1.165) is 5.69 Å². The molecule has 0 aliphatic heterocycles. The Morgan fingerprint density at radius 1 is 1.70 bits per heavy atom. The molecule has 1 aromatic heterocycles. The van der Waals surface area contributed by atoms with Crippen LogP contribution in [-0.4, -0.2) is 4.37 Å². The van der Waals surface area contributed by atoms with Gasteiger partial charge in [-0.05, 0) is 31.4 Å². The van der Waals surface area contributed by atoms with Gasteiger partial charge in [-0.3, -0.25) is 0 Å². The Bertz CT molecular complexity index is 193. The molecule has 4 heteroatoms. The second-order valence-corrected chi connectivity index (χ2v) is 4.90. The number of thiol groups is 1. The van der Waals surface area contributed by atoms with Crippen LogP contribution >= 0.6 is 34.0 Å². The van der Waals surface area contributed by atoms with Crippen molar-refractivity contribution in [2.45, 2.75) is 18.6 Å². The molecule has 1 nitrogen and oxygen atoms in total. The van der Waals surface area contributed by atoms with Gasteiger partial charge < -0.3 is 0 Å². The van der Waals surface area contributed by atoms with Crippen LogP contribution in [0.15, 0.2) is 11.4 Å². The van der Waals surface area contributed by atoms with E-state index in [2.05, 4.69) is 29.9 Å². The number of aromatic nitrogens is 1. The van der Waals surface area contributed by atoms with Gasteiger partial charge in [0.15, 0.2) is 0 Å². The van der Waals surface area contributed by atoms with Gasteiger partial charge in [0.1, 0.15) is 0 Å². The highest BCUT2D eigenvalue weighted by atomic mass is 33.1. The third-order valence-corrected chi connectivity index (χ3v) is 3.88. The molecule has 1 aromatic rings. The second kappa shape index (κ2) is 3.15. The lowest BCUT2D eigenvalue weighted by molar-refractivity contribution is 0.767. The standard InChI is InChI=1S/C6H9NS3/c1-6(2,10-8)5-3-4-9-7-5/h3-4,8H,1-2H3. The summed E-state index contributed by atoms with van der Waals surface area (Å²) in [6.07, 6.45) is 0. The van der Waals surface area contributed by atoms with Gasteiger partial charge in [0, 0.05) is 5.38 Å². The van der Waals surface area contributed by atoms with E-state index in [9.17, 15) is 0 Å². The molecule has 0 aliphatic carbocycles. The number of hydrogen-bond donors (Lipinski definition) is 1. The first-order chi connectivity index (χ1) is 4.67. The first kappa shape index (κ1) is 8.43.